The zero-order valence-electron chi connectivity index (χ0n) is 12.8. The van der Waals surface area contributed by atoms with Gasteiger partial charge in [0.1, 0.15) is 11.7 Å². The van der Waals surface area contributed by atoms with Gasteiger partial charge in [0.25, 0.3) is 5.56 Å². The molecule has 0 aliphatic rings. The number of nitrogens with one attached hydrogen (secondary N) is 1. The van der Waals surface area contributed by atoms with Crippen LogP contribution >= 0.6 is 12.4 Å². The summed E-state index contributed by atoms with van der Waals surface area (Å²) >= 11 is 0. The summed E-state index contributed by atoms with van der Waals surface area (Å²) in [6.45, 7) is 0.532. The maximum Gasteiger partial charge on any atom is 0.274 e. The number of carbonyl (C=O) groups excluding carboxylic acids is 1. The highest BCUT2D eigenvalue weighted by Crippen LogP contribution is 2.04. The van der Waals surface area contributed by atoms with Crippen LogP contribution in [0.2, 0.25) is 0 Å². The number of pyridine rings is 1. The van der Waals surface area contributed by atoms with Gasteiger partial charge in [-0.05, 0) is 17.7 Å². The van der Waals surface area contributed by atoms with Gasteiger partial charge in [0.15, 0.2) is 0 Å². The third kappa shape index (κ3) is 5.21. The smallest absolute Gasteiger partial charge is 0.274 e. The summed E-state index contributed by atoms with van der Waals surface area (Å²) in [5.74, 6) is -0.448. The van der Waals surface area contributed by atoms with E-state index >= 15 is 0 Å². The minimum atomic E-state index is -0.813. The first-order valence-corrected chi connectivity index (χ1v) is 6.90. The van der Waals surface area contributed by atoms with Gasteiger partial charge in [-0.3, -0.25) is 9.59 Å². The fourth-order valence-electron chi connectivity index (χ4n) is 2.02. The van der Waals surface area contributed by atoms with E-state index in [2.05, 4.69) is 5.32 Å². The molecule has 1 unspecified atom stereocenters. The Morgan fingerprint density at radius 1 is 1.26 bits per heavy atom. The molecule has 0 saturated heterocycles. The molecular formula is C16H20ClN3O3. The lowest BCUT2D eigenvalue weighted by molar-refractivity contribution is -0.118. The highest BCUT2D eigenvalue weighted by Gasteiger charge is 2.15. The van der Waals surface area contributed by atoms with E-state index in [-0.39, 0.29) is 30.3 Å². The van der Waals surface area contributed by atoms with Crippen molar-refractivity contribution in [3.63, 3.8) is 0 Å². The number of ether oxygens (including phenoxy) is 1. The Kier molecular flexibility index (Phi) is 7.47. The van der Waals surface area contributed by atoms with Crippen molar-refractivity contribution >= 4 is 24.0 Å². The van der Waals surface area contributed by atoms with Crippen molar-refractivity contribution in [2.24, 2.45) is 5.73 Å². The van der Waals surface area contributed by atoms with Crippen LogP contribution in [0.1, 0.15) is 5.56 Å². The van der Waals surface area contributed by atoms with Crippen molar-refractivity contribution in [3.8, 4) is 0 Å². The van der Waals surface area contributed by atoms with Crippen LogP contribution in [0.5, 0.6) is 0 Å². The molecule has 0 radical (unpaired) electrons. The summed E-state index contributed by atoms with van der Waals surface area (Å²) < 4.78 is 6.36. The molecule has 0 saturated carbocycles. The molecule has 1 aromatic carbocycles. The number of nitrogens with zero attached hydrogens (tertiary/aromatic N) is 1. The second-order valence-corrected chi connectivity index (χ2v) is 4.89. The Hall–Kier alpha value is -2.15. The van der Waals surface area contributed by atoms with Gasteiger partial charge in [0.05, 0.1) is 13.2 Å². The second-order valence-electron chi connectivity index (χ2n) is 4.89. The van der Waals surface area contributed by atoms with Gasteiger partial charge in [-0.2, -0.15) is 0 Å². The largest absolute Gasteiger partial charge is 0.383 e. The van der Waals surface area contributed by atoms with Crippen molar-refractivity contribution in [3.05, 3.63) is 64.6 Å². The van der Waals surface area contributed by atoms with Gasteiger partial charge < -0.3 is 20.4 Å². The lowest BCUT2D eigenvalue weighted by Gasteiger charge is -2.12. The molecule has 2 rings (SSSR count). The minimum Gasteiger partial charge on any atom is -0.383 e. The number of methoxy groups -OCH3 is 1. The van der Waals surface area contributed by atoms with Gasteiger partial charge in [-0.15, -0.1) is 12.4 Å². The molecule has 0 bridgehead atoms. The van der Waals surface area contributed by atoms with Crippen LogP contribution in [-0.2, 0) is 16.1 Å². The van der Waals surface area contributed by atoms with E-state index in [0.717, 1.165) is 5.56 Å². The standard InChI is InChI=1S/C16H19N3O3.ClH/c1-22-11-13(17)15(20)18-14-8-5-9-19(16(14)21)10-12-6-3-2-4-7-12;/h2-9,13H,10-11,17H2,1H3,(H,18,20);1H. The Labute approximate surface area is 140 Å². The molecule has 1 atom stereocenters. The number of hydrogen-bond acceptors (Lipinski definition) is 4. The molecule has 3 N–H and O–H groups in total. The lowest BCUT2D eigenvalue weighted by atomic mass is 10.2. The number of benzene rings is 1. The zero-order chi connectivity index (χ0) is 15.9. The molecule has 23 heavy (non-hydrogen) atoms. The predicted molar refractivity (Wildman–Crippen MR) is 92.0 cm³/mol. The maximum absolute atomic E-state index is 12.4. The molecule has 124 valence electrons. The summed E-state index contributed by atoms with van der Waals surface area (Å²) in [5, 5.41) is 2.54. The molecule has 1 heterocycles. The van der Waals surface area contributed by atoms with Crippen LogP contribution in [-0.4, -0.2) is 30.2 Å². The first-order valence-electron chi connectivity index (χ1n) is 6.90. The molecule has 2 aromatic rings. The summed E-state index contributed by atoms with van der Waals surface area (Å²) in [6, 6.07) is 12.1. The summed E-state index contributed by atoms with van der Waals surface area (Å²) in [5.41, 5.74) is 6.58. The molecule has 6 nitrogen and oxygen atoms in total. The monoisotopic (exact) mass is 337 g/mol. The molecule has 1 amide bonds. The van der Waals surface area contributed by atoms with E-state index in [1.165, 1.54) is 11.7 Å². The maximum atomic E-state index is 12.4. The number of aromatic nitrogens is 1. The van der Waals surface area contributed by atoms with Crippen molar-refractivity contribution in [2.45, 2.75) is 12.6 Å². The Morgan fingerprint density at radius 2 is 1.96 bits per heavy atom. The predicted octanol–water partition coefficient (Wildman–Crippen LogP) is 1.23. The number of amides is 1. The van der Waals surface area contributed by atoms with Gasteiger partial charge >= 0.3 is 0 Å². The normalized spacial score (nSPS) is 11.4. The highest BCUT2D eigenvalue weighted by molar-refractivity contribution is 5.94. The topological polar surface area (TPSA) is 86.3 Å². The van der Waals surface area contributed by atoms with E-state index in [1.807, 2.05) is 30.3 Å². The van der Waals surface area contributed by atoms with Crippen LogP contribution in [0.15, 0.2) is 53.5 Å². The van der Waals surface area contributed by atoms with Crippen LogP contribution in [0.25, 0.3) is 0 Å². The van der Waals surface area contributed by atoms with E-state index < -0.39 is 11.9 Å². The number of carbonyl (C=O) groups is 1. The van der Waals surface area contributed by atoms with Crippen molar-refractivity contribution < 1.29 is 9.53 Å². The second kappa shape index (κ2) is 9.09. The number of nitrogens with two attached hydrogens (primary N) is 1. The Balaban J connectivity index is 0.00000264. The van der Waals surface area contributed by atoms with Gasteiger partial charge in [-0.1, -0.05) is 30.3 Å². The molecule has 0 aliphatic heterocycles. The van der Waals surface area contributed by atoms with Crippen LogP contribution < -0.4 is 16.6 Å². The Morgan fingerprint density at radius 3 is 2.61 bits per heavy atom. The summed E-state index contributed by atoms with van der Waals surface area (Å²) in [6.07, 6.45) is 1.68. The first-order chi connectivity index (χ1) is 10.6. The number of rotatable bonds is 6. The quantitative estimate of drug-likeness (QED) is 0.830. The van der Waals surface area contributed by atoms with E-state index in [0.29, 0.717) is 6.54 Å². The third-order valence-electron chi connectivity index (χ3n) is 3.16. The molecule has 0 spiro atoms. The molecule has 0 fully saturated rings. The minimum absolute atomic E-state index is 0. The van der Waals surface area contributed by atoms with Crippen molar-refractivity contribution in [2.75, 3.05) is 19.0 Å². The van der Waals surface area contributed by atoms with E-state index in [4.69, 9.17) is 10.5 Å². The third-order valence-corrected chi connectivity index (χ3v) is 3.16. The van der Waals surface area contributed by atoms with Gasteiger partial charge in [0, 0.05) is 13.3 Å². The number of halogens is 1. The summed E-state index contributed by atoms with van der Waals surface area (Å²) in [4.78, 5) is 24.2. The van der Waals surface area contributed by atoms with Crippen molar-refractivity contribution in [1.82, 2.24) is 4.57 Å². The molecule has 1 aromatic heterocycles. The van der Waals surface area contributed by atoms with E-state index in [9.17, 15) is 9.59 Å². The SMILES string of the molecule is COCC(N)C(=O)Nc1cccn(Cc2ccccc2)c1=O.Cl. The molecule has 7 heteroatoms. The van der Waals surface area contributed by atoms with Crippen LogP contribution in [0.3, 0.4) is 0 Å². The van der Waals surface area contributed by atoms with Crippen LogP contribution in [0, 0.1) is 0 Å². The van der Waals surface area contributed by atoms with E-state index in [1.54, 1.807) is 18.3 Å². The van der Waals surface area contributed by atoms with Gasteiger partial charge in [0.2, 0.25) is 5.91 Å². The Bertz CT molecular complexity index is 688. The van der Waals surface area contributed by atoms with Crippen molar-refractivity contribution in [1.29, 1.82) is 0 Å². The molecular weight excluding hydrogens is 318 g/mol. The van der Waals surface area contributed by atoms with Gasteiger partial charge in [-0.25, -0.2) is 0 Å². The first kappa shape index (κ1) is 18.9. The fraction of sp³-hybridized carbons (Fsp3) is 0.250. The number of anilines is 1. The van der Waals surface area contributed by atoms with Crippen LogP contribution in [0.4, 0.5) is 5.69 Å². The summed E-state index contributed by atoms with van der Waals surface area (Å²) in [7, 11) is 1.46. The highest BCUT2D eigenvalue weighted by atomic mass is 35.5. The average molecular weight is 338 g/mol. The fourth-order valence-corrected chi connectivity index (χ4v) is 2.02. The zero-order valence-corrected chi connectivity index (χ0v) is 13.6. The lowest BCUT2D eigenvalue weighted by Crippen LogP contribution is -2.40. The average Bonchev–Trinajstić information content (AvgIpc) is 2.52. The number of hydrogen-bond donors (Lipinski definition) is 2. The molecule has 0 aliphatic carbocycles.